The van der Waals surface area contributed by atoms with Crippen LogP contribution in [0, 0.1) is 0 Å². The Morgan fingerprint density at radius 2 is 2.05 bits per heavy atom. The number of hydrogen-bond donors (Lipinski definition) is 1. The number of halogens is 1. The summed E-state index contributed by atoms with van der Waals surface area (Å²) in [5.41, 5.74) is 3.15. The zero-order valence-corrected chi connectivity index (χ0v) is 12.4. The standard InChI is InChI=1S/C15H12BrN3O/c1-19-9-17-13-8-10(6-7-14(13)19)15(20)18-12-5-3-2-4-11(12)16/h2-9H,1H3,(H,18,20). The van der Waals surface area contributed by atoms with Gasteiger partial charge in [0.2, 0.25) is 0 Å². The molecule has 1 heterocycles. The van der Waals surface area contributed by atoms with Crippen molar-refractivity contribution in [3.05, 3.63) is 58.8 Å². The molecule has 0 aliphatic heterocycles. The maximum absolute atomic E-state index is 12.3. The molecule has 0 aliphatic carbocycles. The lowest BCUT2D eigenvalue weighted by Crippen LogP contribution is -2.12. The monoisotopic (exact) mass is 329 g/mol. The lowest BCUT2D eigenvalue weighted by atomic mass is 10.2. The minimum Gasteiger partial charge on any atom is -0.334 e. The van der Waals surface area contributed by atoms with Crippen molar-refractivity contribution in [2.24, 2.45) is 7.05 Å². The molecular weight excluding hydrogens is 318 g/mol. The van der Waals surface area contributed by atoms with E-state index in [4.69, 9.17) is 0 Å². The van der Waals surface area contributed by atoms with E-state index >= 15 is 0 Å². The number of rotatable bonds is 2. The molecule has 0 aliphatic rings. The predicted octanol–water partition coefficient (Wildman–Crippen LogP) is 3.59. The third-order valence-electron chi connectivity index (χ3n) is 3.11. The van der Waals surface area contributed by atoms with Gasteiger partial charge in [0, 0.05) is 17.1 Å². The van der Waals surface area contributed by atoms with Crippen molar-refractivity contribution < 1.29 is 4.79 Å². The van der Waals surface area contributed by atoms with Crippen molar-refractivity contribution in [2.75, 3.05) is 5.32 Å². The van der Waals surface area contributed by atoms with Crippen LogP contribution in [-0.4, -0.2) is 15.5 Å². The van der Waals surface area contributed by atoms with Crippen molar-refractivity contribution in [3.63, 3.8) is 0 Å². The van der Waals surface area contributed by atoms with Crippen molar-refractivity contribution in [1.82, 2.24) is 9.55 Å². The molecule has 0 saturated carbocycles. The van der Waals surface area contributed by atoms with Crippen molar-refractivity contribution in [3.8, 4) is 0 Å². The van der Waals surface area contributed by atoms with Gasteiger partial charge in [0.15, 0.2) is 0 Å². The number of benzene rings is 2. The van der Waals surface area contributed by atoms with Crippen LogP contribution in [0.4, 0.5) is 5.69 Å². The van der Waals surface area contributed by atoms with Gasteiger partial charge in [0.25, 0.3) is 5.91 Å². The number of amides is 1. The van der Waals surface area contributed by atoms with E-state index in [9.17, 15) is 4.79 Å². The van der Waals surface area contributed by atoms with Gasteiger partial charge < -0.3 is 9.88 Å². The highest BCUT2D eigenvalue weighted by molar-refractivity contribution is 9.10. The Bertz CT molecular complexity index is 795. The van der Waals surface area contributed by atoms with Gasteiger partial charge in [0.05, 0.1) is 23.0 Å². The number of imidazole rings is 1. The van der Waals surface area contributed by atoms with Crippen molar-refractivity contribution in [1.29, 1.82) is 0 Å². The largest absolute Gasteiger partial charge is 0.334 e. The van der Waals surface area contributed by atoms with Crippen LogP contribution in [0.2, 0.25) is 0 Å². The quantitative estimate of drug-likeness (QED) is 0.781. The molecule has 0 fully saturated rings. The number of nitrogens with one attached hydrogen (secondary N) is 1. The number of nitrogens with zero attached hydrogens (tertiary/aromatic N) is 2. The predicted molar refractivity (Wildman–Crippen MR) is 82.8 cm³/mol. The van der Waals surface area contributed by atoms with Gasteiger partial charge in [-0.15, -0.1) is 0 Å². The van der Waals surface area contributed by atoms with Crippen LogP contribution in [0.5, 0.6) is 0 Å². The maximum atomic E-state index is 12.3. The van der Waals surface area contributed by atoms with E-state index in [1.807, 2.05) is 41.9 Å². The van der Waals surface area contributed by atoms with Crippen LogP contribution >= 0.6 is 15.9 Å². The summed E-state index contributed by atoms with van der Waals surface area (Å²) in [5.74, 6) is -0.149. The van der Waals surface area contributed by atoms with E-state index in [0.29, 0.717) is 5.56 Å². The summed E-state index contributed by atoms with van der Waals surface area (Å²) in [5, 5.41) is 2.88. The number of hydrogen-bond acceptors (Lipinski definition) is 2. The van der Waals surface area contributed by atoms with Gasteiger partial charge in [-0.2, -0.15) is 0 Å². The summed E-state index contributed by atoms with van der Waals surface area (Å²) < 4.78 is 2.78. The SMILES string of the molecule is Cn1cnc2cc(C(=O)Nc3ccccc3Br)ccc21. The first-order valence-electron chi connectivity index (χ1n) is 6.12. The number of aryl methyl sites for hydroxylation is 1. The minimum absolute atomic E-state index is 0.149. The van der Waals surface area contributed by atoms with Gasteiger partial charge in [-0.3, -0.25) is 4.79 Å². The summed E-state index contributed by atoms with van der Waals surface area (Å²) in [4.78, 5) is 16.5. The average molecular weight is 330 g/mol. The zero-order valence-electron chi connectivity index (χ0n) is 10.8. The Morgan fingerprint density at radius 1 is 1.25 bits per heavy atom. The molecular formula is C15H12BrN3O. The third kappa shape index (κ3) is 2.32. The van der Waals surface area contributed by atoms with Gasteiger partial charge in [0.1, 0.15) is 0 Å². The normalized spacial score (nSPS) is 10.7. The van der Waals surface area contributed by atoms with Gasteiger partial charge in [-0.05, 0) is 46.3 Å². The molecule has 3 rings (SSSR count). The minimum atomic E-state index is -0.149. The molecule has 0 radical (unpaired) electrons. The molecule has 3 aromatic rings. The summed E-state index contributed by atoms with van der Waals surface area (Å²) in [6.45, 7) is 0. The fourth-order valence-electron chi connectivity index (χ4n) is 2.03. The molecule has 20 heavy (non-hydrogen) atoms. The van der Waals surface area contributed by atoms with Crippen LogP contribution in [0.15, 0.2) is 53.3 Å². The number of carbonyl (C=O) groups is 1. The van der Waals surface area contributed by atoms with Gasteiger partial charge in [-0.25, -0.2) is 4.98 Å². The highest BCUT2D eigenvalue weighted by atomic mass is 79.9. The fourth-order valence-corrected chi connectivity index (χ4v) is 2.42. The highest BCUT2D eigenvalue weighted by Crippen LogP contribution is 2.22. The molecule has 2 aromatic carbocycles. The Kier molecular flexibility index (Phi) is 3.28. The van der Waals surface area contributed by atoms with E-state index in [0.717, 1.165) is 21.2 Å². The molecule has 1 N–H and O–H groups in total. The number of aromatic nitrogens is 2. The molecule has 5 heteroatoms. The van der Waals surface area contributed by atoms with Crippen LogP contribution < -0.4 is 5.32 Å². The maximum Gasteiger partial charge on any atom is 0.255 e. The zero-order chi connectivity index (χ0) is 14.1. The van der Waals surface area contributed by atoms with E-state index in [2.05, 4.69) is 26.2 Å². The number of fused-ring (bicyclic) bond motifs is 1. The summed E-state index contributed by atoms with van der Waals surface area (Å²) in [6, 6.07) is 13.0. The molecule has 1 amide bonds. The van der Waals surface area contributed by atoms with Crippen LogP contribution in [-0.2, 0) is 7.05 Å². The Hall–Kier alpha value is -2.14. The smallest absolute Gasteiger partial charge is 0.255 e. The second-order valence-corrected chi connectivity index (χ2v) is 5.35. The molecule has 0 spiro atoms. The molecule has 4 nitrogen and oxygen atoms in total. The first kappa shape index (κ1) is 12.9. The van der Waals surface area contributed by atoms with Gasteiger partial charge >= 0.3 is 0 Å². The topological polar surface area (TPSA) is 46.9 Å². The Morgan fingerprint density at radius 3 is 2.85 bits per heavy atom. The second kappa shape index (κ2) is 5.09. The molecule has 100 valence electrons. The van der Waals surface area contributed by atoms with Crippen LogP contribution in [0.1, 0.15) is 10.4 Å². The summed E-state index contributed by atoms with van der Waals surface area (Å²) in [6.07, 6.45) is 1.74. The molecule has 1 aromatic heterocycles. The van der Waals surface area contributed by atoms with E-state index in [-0.39, 0.29) is 5.91 Å². The van der Waals surface area contributed by atoms with E-state index in [1.165, 1.54) is 0 Å². The number of anilines is 1. The second-order valence-electron chi connectivity index (χ2n) is 4.49. The lowest BCUT2D eigenvalue weighted by molar-refractivity contribution is 0.102. The fraction of sp³-hybridized carbons (Fsp3) is 0.0667. The molecule has 0 atom stereocenters. The Labute approximate surface area is 124 Å². The number of carbonyl (C=O) groups excluding carboxylic acids is 1. The number of para-hydroxylation sites is 1. The van der Waals surface area contributed by atoms with E-state index in [1.54, 1.807) is 18.5 Å². The summed E-state index contributed by atoms with van der Waals surface area (Å²) >= 11 is 3.41. The molecule has 0 bridgehead atoms. The van der Waals surface area contributed by atoms with Crippen LogP contribution in [0.3, 0.4) is 0 Å². The van der Waals surface area contributed by atoms with Crippen molar-refractivity contribution >= 4 is 38.6 Å². The Balaban J connectivity index is 1.91. The van der Waals surface area contributed by atoms with Crippen molar-refractivity contribution in [2.45, 2.75) is 0 Å². The highest BCUT2D eigenvalue weighted by Gasteiger charge is 2.10. The first-order valence-corrected chi connectivity index (χ1v) is 6.91. The van der Waals surface area contributed by atoms with Crippen LogP contribution in [0.25, 0.3) is 11.0 Å². The van der Waals surface area contributed by atoms with Gasteiger partial charge in [-0.1, -0.05) is 12.1 Å². The molecule has 0 unspecified atom stereocenters. The average Bonchev–Trinajstić information content (AvgIpc) is 2.82. The molecule has 0 saturated heterocycles. The third-order valence-corrected chi connectivity index (χ3v) is 3.80. The summed E-state index contributed by atoms with van der Waals surface area (Å²) in [7, 11) is 1.93. The lowest BCUT2D eigenvalue weighted by Gasteiger charge is -2.07. The van der Waals surface area contributed by atoms with E-state index < -0.39 is 0 Å². The first-order chi connectivity index (χ1) is 9.65.